The molecule has 1 aromatic carbocycles. The quantitative estimate of drug-likeness (QED) is 0.764. The number of ether oxygens (including phenoxy) is 2. The van der Waals surface area contributed by atoms with Crippen molar-refractivity contribution in [3.05, 3.63) is 36.4 Å². The Balaban J connectivity index is 2.12. The predicted molar refractivity (Wildman–Crippen MR) is 57.1 cm³/mol. The molecule has 0 spiro atoms. The Morgan fingerprint density at radius 3 is 2.87 bits per heavy atom. The summed E-state index contributed by atoms with van der Waals surface area (Å²) in [5.74, 6) is 1.51. The molecule has 1 heterocycles. The third kappa shape index (κ3) is 2.13. The van der Waals surface area contributed by atoms with Crippen LogP contribution in [-0.4, -0.2) is 18.0 Å². The van der Waals surface area contributed by atoms with Gasteiger partial charge in [0.05, 0.1) is 6.61 Å². The van der Waals surface area contributed by atoms with Crippen molar-refractivity contribution in [2.75, 3.05) is 6.61 Å². The minimum atomic E-state index is -0.344. The van der Waals surface area contributed by atoms with E-state index in [1.807, 2.05) is 24.3 Å². The largest absolute Gasteiger partial charge is 0.451 e. The van der Waals surface area contributed by atoms with Crippen LogP contribution < -0.4 is 9.47 Å². The van der Waals surface area contributed by atoms with E-state index in [9.17, 15) is 0 Å². The van der Waals surface area contributed by atoms with Crippen LogP contribution in [0.4, 0.5) is 0 Å². The molecule has 1 unspecified atom stereocenters. The summed E-state index contributed by atoms with van der Waals surface area (Å²) in [4.78, 5) is 0. The molecule has 0 fully saturated rings. The van der Waals surface area contributed by atoms with Crippen molar-refractivity contribution in [2.45, 2.75) is 19.1 Å². The summed E-state index contributed by atoms with van der Waals surface area (Å²) in [7, 11) is 0. The van der Waals surface area contributed by atoms with Gasteiger partial charge in [-0.25, -0.2) is 0 Å². The highest BCUT2D eigenvalue weighted by Crippen LogP contribution is 2.36. The zero-order valence-electron chi connectivity index (χ0n) is 8.48. The van der Waals surface area contributed by atoms with Crippen molar-refractivity contribution in [3.63, 3.8) is 0 Å². The van der Waals surface area contributed by atoms with E-state index in [1.54, 1.807) is 0 Å². The third-order valence-corrected chi connectivity index (χ3v) is 2.27. The fourth-order valence-electron chi connectivity index (χ4n) is 1.57. The molecule has 0 aliphatic carbocycles. The Morgan fingerprint density at radius 1 is 1.33 bits per heavy atom. The Kier molecular flexibility index (Phi) is 2.92. The van der Waals surface area contributed by atoms with Gasteiger partial charge >= 0.3 is 0 Å². The summed E-state index contributed by atoms with van der Waals surface area (Å²) >= 11 is 0. The predicted octanol–water partition coefficient (Wildman–Crippen LogP) is 1.89. The lowest BCUT2D eigenvalue weighted by Crippen LogP contribution is -2.19. The number of hydrogen-bond acceptors (Lipinski definition) is 3. The molecule has 1 N–H and O–H groups in total. The first-order valence-corrected chi connectivity index (χ1v) is 5.01. The number of aliphatic hydroxyl groups is 1. The molecule has 1 atom stereocenters. The van der Waals surface area contributed by atoms with Crippen LogP contribution in [0.25, 0.3) is 0 Å². The summed E-state index contributed by atoms with van der Waals surface area (Å²) in [5.41, 5.74) is 1.15. The number of hydrogen-bond donors (Lipinski definition) is 1. The van der Waals surface area contributed by atoms with Crippen molar-refractivity contribution in [1.82, 2.24) is 0 Å². The minimum Gasteiger partial charge on any atom is -0.451 e. The summed E-state index contributed by atoms with van der Waals surface area (Å²) in [6.45, 7) is 3.76. The number of allylic oxidation sites excluding steroid dienone is 1. The summed E-state index contributed by atoms with van der Waals surface area (Å²) in [6, 6.07) is 5.84. The number of aliphatic hydroxyl groups excluding tert-OH is 1. The van der Waals surface area contributed by atoms with Crippen LogP contribution in [0.15, 0.2) is 30.9 Å². The van der Waals surface area contributed by atoms with Crippen molar-refractivity contribution in [1.29, 1.82) is 0 Å². The lowest BCUT2D eigenvalue weighted by atomic mass is 10.1. The van der Waals surface area contributed by atoms with Gasteiger partial charge in [-0.3, -0.25) is 0 Å². The summed E-state index contributed by atoms with van der Waals surface area (Å²) in [5, 5.41) is 8.77. The van der Waals surface area contributed by atoms with E-state index in [4.69, 9.17) is 14.6 Å². The van der Waals surface area contributed by atoms with Crippen molar-refractivity contribution in [2.24, 2.45) is 0 Å². The summed E-state index contributed by atoms with van der Waals surface area (Å²) < 4.78 is 11.0. The summed E-state index contributed by atoms with van der Waals surface area (Å²) in [6.07, 6.45) is 2.82. The van der Waals surface area contributed by atoms with E-state index in [0.29, 0.717) is 6.42 Å². The molecule has 2 rings (SSSR count). The molecule has 15 heavy (non-hydrogen) atoms. The van der Waals surface area contributed by atoms with E-state index in [-0.39, 0.29) is 12.9 Å². The van der Waals surface area contributed by atoms with Gasteiger partial charge in [0.1, 0.15) is 0 Å². The molecule has 0 amide bonds. The first kappa shape index (κ1) is 10.1. The Morgan fingerprint density at radius 2 is 2.13 bits per heavy atom. The molecule has 3 nitrogen and oxygen atoms in total. The highest BCUT2D eigenvalue weighted by Gasteiger charge is 2.23. The zero-order valence-corrected chi connectivity index (χ0v) is 8.48. The molecule has 0 bridgehead atoms. The fraction of sp³-hybridized carbons (Fsp3) is 0.333. The second kappa shape index (κ2) is 4.36. The van der Waals surface area contributed by atoms with E-state index in [0.717, 1.165) is 23.5 Å². The topological polar surface area (TPSA) is 38.7 Å². The van der Waals surface area contributed by atoms with Gasteiger partial charge in [-0.2, -0.15) is 0 Å². The molecule has 0 saturated heterocycles. The Hall–Kier alpha value is -1.48. The second-order valence-corrected chi connectivity index (χ2v) is 3.45. The van der Waals surface area contributed by atoms with Gasteiger partial charge in [0, 0.05) is 6.42 Å². The van der Waals surface area contributed by atoms with Gasteiger partial charge in [0.15, 0.2) is 11.5 Å². The van der Waals surface area contributed by atoms with E-state index >= 15 is 0 Å². The van der Waals surface area contributed by atoms with Crippen LogP contribution >= 0.6 is 0 Å². The van der Waals surface area contributed by atoms with Crippen LogP contribution in [0.3, 0.4) is 0 Å². The molecule has 1 aliphatic heterocycles. The maximum Gasteiger partial charge on any atom is 0.243 e. The van der Waals surface area contributed by atoms with E-state index in [2.05, 4.69) is 6.58 Å². The van der Waals surface area contributed by atoms with E-state index in [1.165, 1.54) is 0 Å². The molecule has 3 heteroatoms. The lowest BCUT2D eigenvalue weighted by Gasteiger charge is -2.06. The zero-order chi connectivity index (χ0) is 10.7. The van der Waals surface area contributed by atoms with Crippen molar-refractivity contribution in [3.8, 4) is 11.5 Å². The van der Waals surface area contributed by atoms with Gasteiger partial charge in [0.25, 0.3) is 0 Å². The minimum absolute atomic E-state index is 0.0676. The van der Waals surface area contributed by atoms with Crippen LogP contribution in [-0.2, 0) is 6.42 Å². The monoisotopic (exact) mass is 206 g/mol. The Labute approximate surface area is 88.9 Å². The average molecular weight is 206 g/mol. The van der Waals surface area contributed by atoms with Gasteiger partial charge in [0.2, 0.25) is 6.29 Å². The second-order valence-electron chi connectivity index (χ2n) is 3.45. The van der Waals surface area contributed by atoms with E-state index < -0.39 is 0 Å². The van der Waals surface area contributed by atoms with Crippen molar-refractivity contribution < 1.29 is 14.6 Å². The first-order valence-electron chi connectivity index (χ1n) is 5.01. The van der Waals surface area contributed by atoms with Gasteiger partial charge < -0.3 is 14.6 Å². The lowest BCUT2D eigenvalue weighted by molar-refractivity contribution is 0.0271. The molecule has 0 radical (unpaired) electrons. The molecule has 1 aromatic rings. The van der Waals surface area contributed by atoms with Crippen LogP contribution in [0, 0.1) is 0 Å². The molecular formula is C12H14O3. The molecule has 0 aromatic heterocycles. The SMILES string of the molecule is C=CCc1ccc2c(c1)OC(CCO)O2. The fourth-order valence-corrected chi connectivity index (χ4v) is 1.57. The standard InChI is InChI=1S/C12H14O3/c1-2-3-9-4-5-10-11(8-9)15-12(14-10)6-7-13/h2,4-5,8,12-13H,1,3,6-7H2. The number of fused-ring (bicyclic) bond motifs is 1. The molecule has 80 valence electrons. The maximum atomic E-state index is 8.77. The first-order chi connectivity index (χ1) is 7.33. The highest BCUT2D eigenvalue weighted by molar-refractivity contribution is 5.45. The molecule has 0 saturated carbocycles. The third-order valence-electron chi connectivity index (χ3n) is 2.27. The van der Waals surface area contributed by atoms with Gasteiger partial charge in [-0.1, -0.05) is 12.1 Å². The number of benzene rings is 1. The van der Waals surface area contributed by atoms with Crippen LogP contribution in [0.1, 0.15) is 12.0 Å². The van der Waals surface area contributed by atoms with Gasteiger partial charge in [-0.05, 0) is 24.1 Å². The van der Waals surface area contributed by atoms with Crippen LogP contribution in [0.5, 0.6) is 11.5 Å². The molecular weight excluding hydrogens is 192 g/mol. The Bertz CT molecular complexity index is 360. The van der Waals surface area contributed by atoms with Crippen molar-refractivity contribution >= 4 is 0 Å². The smallest absolute Gasteiger partial charge is 0.243 e. The normalized spacial score (nSPS) is 17.8. The molecule has 1 aliphatic rings. The number of rotatable bonds is 4. The van der Waals surface area contributed by atoms with Crippen LogP contribution in [0.2, 0.25) is 0 Å². The van der Waals surface area contributed by atoms with Gasteiger partial charge in [-0.15, -0.1) is 6.58 Å². The highest BCUT2D eigenvalue weighted by atomic mass is 16.7. The maximum absolute atomic E-state index is 8.77. The average Bonchev–Trinajstić information content (AvgIpc) is 2.60.